The lowest BCUT2D eigenvalue weighted by molar-refractivity contribution is 0.582. The van der Waals surface area contributed by atoms with Gasteiger partial charge >= 0.3 is 0 Å². The van der Waals surface area contributed by atoms with Crippen LogP contribution in [0.2, 0.25) is 0 Å². The Morgan fingerprint density at radius 2 is 2.13 bits per heavy atom. The maximum atomic E-state index is 14.3. The van der Waals surface area contributed by atoms with Gasteiger partial charge in [0.1, 0.15) is 12.1 Å². The summed E-state index contributed by atoms with van der Waals surface area (Å²) in [5.74, 6) is 0.486. The summed E-state index contributed by atoms with van der Waals surface area (Å²) in [4.78, 5) is 9.25. The van der Waals surface area contributed by atoms with Crippen molar-refractivity contribution in [1.29, 1.82) is 0 Å². The number of hydrogen-bond donors (Lipinski definition) is 2. The highest BCUT2D eigenvalue weighted by Gasteiger charge is 2.24. The predicted octanol–water partition coefficient (Wildman–Crippen LogP) is 2.42. The molecule has 156 valence electrons. The van der Waals surface area contributed by atoms with Crippen LogP contribution >= 0.6 is 0 Å². The smallest absolute Gasteiger partial charge is 0.167 e. The summed E-state index contributed by atoms with van der Waals surface area (Å²) >= 11 is -1.12. The summed E-state index contributed by atoms with van der Waals surface area (Å²) in [6.45, 7) is 0.433. The van der Waals surface area contributed by atoms with Crippen LogP contribution in [0.15, 0.2) is 30.6 Å². The Balaban J connectivity index is 1.55. The topological polar surface area (TPSA) is 95.1 Å². The van der Waals surface area contributed by atoms with Crippen LogP contribution in [-0.4, -0.2) is 47.5 Å². The molecule has 3 heterocycles. The number of benzene rings is 1. The number of fused-ring (bicyclic) bond motifs is 3. The standard InChI is InChI=1S/C20H22FN7OS/c1-27-11-22-18-19(24-14-4-5-14)25-17-10-16(26-28(17)20(18)27)13-3-6-15(21)12(9-13)7-8-23-30(2)29/h3,6,9-11,14,23H,4-5,7-8H2,1-2H3,(H,24,25). The second-order valence-corrected chi connectivity index (χ2v) is 8.81. The lowest BCUT2D eigenvalue weighted by Gasteiger charge is -2.08. The maximum Gasteiger partial charge on any atom is 0.167 e. The van der Waals surface area contributed by atoms with Gasteiger partial charge in [-0.05, 0) is 43.0 Å². The van der Waals surface area contributed by atoms with Gasteiger partial charge in [-0.1, -0.05) is 0 Å². The second-order valence-electron chi connectivity index (χ2n) is 7.61. The van der Waals surface area contributed by atoms with Gasteiger partial charge in [0.25, 0.3) is 0 Å². The molecule has 4 aromatic rings. The van der Waals surface area contributed by atoms with Crippen LogP contribution < -0.4 is 10.0 Å². The van der Waals surface area contributed by atoms with E-state index in [-0.39, 0.29) is 5.82 Å². The molecule has 2 N–H and O–H groups in total. The van der Waals surface area contributed by atoms with Crippen molar-refractivity contribution < 1.29 is 8.94 Å². The number of aromatic nitrogens is 5. The lowest BCUT2D eigenvalue weighted by Crippen LogP contribution is -2.24. The van der Waals surface area contributed by atoms with Crippen LogP contribution in [0.3, 0.4) is 0 Å². The van der Waals surface area contributed by atoms with E-state index in [0.29, 0.717) is 35.9 Å². The highest BCUT2D eigenvalue weighted by atomic mass is 32.2. The number of nitrogens with zero attached hydrogens (tertiary/aromatic N) is 5. The number of aryl methyl sites for hydroxylation is 1. The normalized spacial score (nSPS) is 15.2. The molecule has 5 rings (SSSR count). The Kier molecular flexibility index (Phi) is 4.84. The average molecular weight is 428 g/mol. The first-order valence-electron chi connectivity index (χ1n) is 9.82. The molecule has 3 aromatic heterocycles. The molecule has 0 spiro atoms. The van der Waals surface area contributed by atoms with Gasteiger partial charge in [0.2, 0.25) is 0 Å². The van der Waals surface area contributed by atoms with Gasteiger partial charge in [-0.3, -0.25) is 0 Å². The molecule has 1 atom stereocenters. The number of nitrogens with one attached hydrogen (secondary N) is 2. The van der Waals surface area contributed by atoms with E-state index >= 15 is 0 Å². The molecule has 0 amide bonds. The van der Waals surface area contributed by atoms with E-state index in [2.05, 4.69) is 15.0 Å². The van der Waals surface area contributed by atoms with Gasteiger partial charge in [-0.15, -0.1) is 4.72 Å². The fraction of sp³-hybridized carbons (Fsp3) is 0.350. The monoisotopic (exact) mass is 427 g/mol. The van der Waals surface area contributed by atoms with Gasteiger partial charge in [0, 0.05) is 42.6 Å². The molecule has 1 aromatic carbocycles. The average Bonchev–Trinajstić information content (AvgIpc) is 3.28. The summed E-state index contributed by atoms with van der Waals surface area (Å²) in [6.07, 6.45) is 6.04. The lowest BCUT2D eigenvalue weighted by atomic mass is 10.1. The second kappa shape index (κ2) is 7.53. The molecule has 8 nitrogen and oxygen atoms in total. The third-order valence-corrected chi connectivity index (χ3v) is 5.82. The van der Waals surface area contributed by atoms with Gasteiger partial charge < -0.3 is 14.4 Å². The summed E-state index contributed by atoms with van der Waals surface area (Å²) in [7, 11) is 1.93. The SMILES string of the molecule is Cn1cnc2c(NC3CC3)nc3cc(-c4ccc(F)c(CCN[S+](C)[O-])c4)nn3c21. The van der Waals surface area contributed by atoms with Crippen LogP contribution in [-0.2, 0) is 24.8 Å². The Morgan fingerprint density at radius 1 is 1.30 bits per heavy atom. The molecule has 1 aliphatic rings. The van der Waals surface area contributed by atoms with Crippen LogP contribution in [0.1, 0.15) is 18.4 Å². The molecular formula is C20H22FN7OS. The van der Waals surface area contributed by atoms with E-state index in [1.807, 2.05) is 17.7 Å². The molecule has 1 aliphatic carbocycles. The number of rotatable bonds is 7. The van der Waals surface area contributed by atoms with Gasteiger partial charge in [0.15, 0.2) is 22.6 Å². The third-order valence-electron chi connectivity index (χ3n) is 5.21. The Hall–Kier alpha value is -2.69. The molecule has 1 unspecified atom stereocenters. The summed E-state index contributed by atoms with van der Waals surface area (Å²) in [5.41, 5.74) is 4.41. The summed E-state index contributed by atoms with van der Waals surface area (Å²) in [6, 6.07) is 7.32. The van der Waals surface area contributed by atoms with Crippen molar-refractivity contribution in [3.8, 4) is 11.3 Å². The zero-order chi connectivity index (χ0) is 20.8. The molecule has 10 heteroatoms. The van der Waals surface area contributed by atoms with E-state index in [0.717, 1.165) is 35.4 Å². The van der Waals surface area contributed by atoms with Crippen molar-refractivity contribution in [1.82, 2.24) is 28.9 Å². The molecule has 0 saturated heterocycles. The minimum absolute atomic E-state index is 0.283. The quantitative estimate of drug-likeness (QED) is 0.440. The first-order valence-corrected chi connectivity index (χ1v) is 11.4. The summed E-state index contributed by atoms with van der Waals surface area (Å²) < 4.78 is 32.0. The molecule has 0 aliphatic heterocycles. The fourth-order valence-corrected chi connectivity index (χ4v) is 3.92. The predicted molar refractivity (Wildman–Crippen MR) is 115 cm³/mol. The fourth-order valence-electron chi connectivity index (χ4n) is 3.53. The largest absolute Gasteiger partial charge is 0.598 e. The minimum Gasteiger partial charge on any atom is -0.598 e. The van der Waals surface area contributed by atoms with E-state index in [1.54, 1.807) is 29.2 Å². The third kappa shape index (κ3) is 3.62. The van der Waals surface area contributed by atoms with Gasteiger partial charge in [-0.25, -0.2) is 14.4 Å². The zero-order valence-electron chi connectivity index (χ0n) is 16.7. The number of imidazole rings is 1. The van der Waals surface area contributed by atoms with Gasteiger partial charge in [-0.2, -0.15) is 9.61 Å². The highest BCUT2D eigenvalue weighted by molar-refractivity contribution is 7.88. The Morgan fingerprint density at radius 3 is 2.90 bits per heavy atom. The molecule has 30 heavy (non-hydrogen) atoms. The number of anilines is 1. The van der Waals surface area contributed by atoms with Crippen LogP contribution in [0.25, 0.3) is 28.1 Å². The van der Waals surface area contributed by atoms with E-state index in [9.17, 15) is 8.94 Å². The minimum atomic E-state index is -1.12. The number of halogens is 1. The van der Waals surface area contributed by atoms with Crippen molar-refractivity contribution in [3.05, 3.63) is 42.0 Å². The van der Waals surface area contributed by atoms with Crippen LogP contribution in [0.5, 0.6) is 0 Å². The molecule has 1 saturated carbocycles. The highest BCUT2D eigenvalue weighted by Crippen LogP contribution is 2.30. The first-order chi connectivity index (χ1) is 14.5. The van der Waals surface area contributed by atoms with Crippen molar-refractivity contribution >= 4 is 34.0 Å². The van der Waals surface area contributed by atoms with Crippen LogP contribution in [0, 0.1) is 5.82 Å². The van der Waals surface area contributed by atoms with E-state index in [4.69, 9.17) is 10.1 Å². The Labute approximate surface area is 175 Å². The van der Waals surface area contributed by atoms with Crippen molar-refractivity contribution in [3.63, 3.8) is 0 Å². The summed E-state index contributed by atoms with van der Waals surface area (Å²) in [5, 5.41) is 8.19. The maximum absolute atomic E-state index is 14.3. The van der Waals surface area contributed by atoms with Crippen LogP contribution in [0.4, 0.5) is 10.2 Å². The molecule has 0 bridgehead atoms. The zero-order valence-corrected chi connectivity index (χ0v) is 17.5. The van der Waals surface area contributed by atoms with Gasteiger partial charge in [0.05, 0.1) is 12.0 Å². The van der Waals surface area contributed by atoms with Crippen molar-refractivity contribution in [2.24, 2.45) is 7.05 Å². The first kappa shape index (κ1) is 19.3. The van der Waals surface area contributed by atoms with Crippen molar-refractivity contribution in [2.45, 2.75) is 25.3 Å². The number of hydrogen-bond acceptors (Lipinski definition) is 6. The Bertz CT molecular complexity index is 1230. The van der Waals surface area contributed by atoms with E-state index < -0.39 is 11.4 Å². The molecular weight excluding hydrogens is 405 g/mol. The van der Waals surface area contributed by atoms with E-state index in [1.165, 1.54) is 6.07 Å². The van der Waals surface area contributed by atoms with Crippen molar-refractivity contribution in [2.75, 3.05) is 18.1 Å². The molecule has 0 radical (unpaired) electrons. The molecule has 1 fully saturated rings.